The van der Waals surface area contributed by atoms with Crippen molar-refractivity contribution in [2.75, 3.05) is 12.8 Å². The lowest BCUT2D eigenvalue weighted by Gasteiger charge is -2.21. The van der Waals surface area contributed by atoms with E-state index in [1.807, 2.05) is 0 Å². The van der Waals surface area contributed by atoms with Gasteiger partial charge in [0.15, 0.2) is 0 Å². The number of rotatable bonds is 4. The lowest BCUT2D eigenvalue weighted by molar-refractivity contribution is 0.0697. The van der Waals surface area contributed by atoms with Gasteiger partial charge in [-0.3, -0.25) is 0 Å². The number of hydrogen-bond donors (Lipinski definition) is 1. The van der Waals surface area contributed by atoms with Crippen molar-refractivity contribution in [2.24, 2.45) is 0 Å². The van der Waals surface area contributed by atoms with Gasteiger partial charge in [0.05, 0.1) is 23.6 Å². The minimum atomic E-state index is -3.35. The van der Waals surface area contributed by atoms with Gasteiger partial charge in [0, 0.05) is 17.8 Å². The molecule has 0 bridgehead atoms. The Kier molecular flexibility index (Phi) is 4.57. The number of benzene rings is 1. The molecule has 8 heteroatoms. The number of aromatic nitrogens is 2. The summed E-state index contributed by atoms with van der Waals surface area (Å²) in [6.45, 7) is 2.24. The molecule has 1 aliphatic rings. The summed E-state index contributed by atoms with van der Waals surface area (Å²) >= 11 is 0. The molecular formula is C17H19N3O4S. The van der Waals surface area contributed by atoms with E-state index < -0.39 is 22.0 Å². The summed E-state index contributed by atoms with van der Waals surface area (Å²) < 4.78 is 25.4. The summed E-state index contributed by atoms with van der Waals surface area (Å²) in [7, 11) is -3.35. The zero-order chi connectivity index (χ0) is 18.2. The normalized spacial score (nSPS) is 18.4. The van der Waals surface area contributed by atoms with Gasteiger partial charge in [0.25, 0.3) is 0 Å². The Labute approximate surface area is 146 Å². The third kappa shape index (κ3) is 3.54. The van der Waals surface area contributed by atoms with Gasteiger partial charge in [-0.25, -0.2) is 23.2 Å². The molecule has 0 radical (unpaired) electrons. The van der Waals surface area contributed by atoms with Crippen LogP contribution >= 0.6 is 0 Å². The van der Waals surface area contributed by atoms with E-state index >= 15 is 0 Å². The second kappa shape index (κ2) is 6.53. The van der Waals surface area contributed by atoms with Crippen LogP contribution in [-0.2, 0) is 10.0 Å². The van der Waals surface area contributed by atoms with Crippen LogP contribution in [0.5, 0.6) is 0 Å². The first-order chi connectivity index (χ1) is 11.8. The molecule has 0 saturated carbocycles. The molecule has 0 spiro atoms. The van der Waals surface area contributed by atoms with Crippen LogP contribution in [0, 0.1) is 6.92 Å². The van der Waals surface area contributed by atoms with E-state index in [1.54, 1.807) is 31.2 Å². The first-order valence-corrected chi connectivity index (χ1v) is 9.77. The number of carboxylic acids is 1. The molecule has 3 rings (SSSR count). The summed E-state index contributed by atoms with van der Waals surface area (Å²) in [6.07, 6.45) is 2.58. The van der Waals surface area contributed by atoms with Crippen LogP contribution in [-0.4, -0.2) is 46.6 Å². The minimum Gasteiger partial charge on any atom is -0.478 e. The summed E-state index contributed by atoms with van der Waals surface area (Å²) in [5.74, 6) is -0.620. The van der Waals surface area contributed by atoms with E-state index in [0.717, 1.165) is 6.42 Å². The number of carboxylic acid groups (broad SMARTS) is 1. The summed E-state index contributed by atoms with van der Waals surface area (Å²) in [5.41, 5.74) is 1.80. The smallest absolute Gasteiger partial charge is 0.336 e. The molecule has 2 aromatic rings. The number of nitrogens with zero attached hydrogens (tertiary/aromatic N) is 3. The predicted molar refractivity (Wildman–Crippen MR) is 92.7 cm³/mol. The third-order valence-corrected chi connectivity index (χ3v) is 5.52. The van der Waals surface area contributed by atoms with Crippen molar-refractivity contribution in [3.05, 3.63) is 47.4 Å². The minimum absolute atomic E-state index is 0.151. The quantitative estimate of drug-likeness (QED) is 0.896. The van der Waals surface area contributed by atoms with Crippen molar-refractivity contribution >= 4 is 16.0 Å². The third-order valence-electron chi connectivity index (χ3n) is 4.23. The van der Waals surface area contributed by atoms with Crippen molar-refractivity contribution in [1.29, 1.82) is 0 Å². The van der Waals surface area contributed by atoms with Crippen molar-refractivity contribution in [3.63, 3.8) is 0 Å². The molecule has 2 heterocycles. The fourth-order valence-electron chi connectivity index (χ4n) is 3.17. The number of carbonyl (C=O) groups is 1. The molecule has 1 N–H and O–H groups in total. The zero-order valence-corrected chi connectivity index (χ0v) is 14.8. The lowest BCUT2D eigenvalue weighted by Crippen LogP contribution is -2.30. The maximum Gasteiger partial charge on any atom is 0.336 e. The van der Waals surface area contributed by atoms with Crippen molar-refractivity contribution in [2.45, 2.75) is 25.8 Å². The van der Waals surface area contributed by atoms with Crippen molar-refractivity contribution < 1.29 is 18.3 Å². The number of sulfonamides is 1. The number of aryl methyl sites for hydroxylation is 1. The topological polar surface area (TPSA) is 100 Å². The molecule has 7 nitrogen and oxygen atoms in total. The van der Waals surface area contributed by atoms with Crippen LogP contribution < -0.4 is 0 Å². The average Bonchev–Trinajstić information content (AvgIpc) is 3.04. The van der Waals surface area contributed by atoms with Crippen molar-refractivity contribution in [1.82, 2.24) is 14.3 Å². The first-order valence-electron chi connectivity index (χ1n) is 7.92. The van der Waals surface area contributed by atoms with Gasteiger partial charge >= 0.3 is 5.97 Å². The first kappa shape index (κ1) is 17.5. The van der Waals surface area contributed by atoms with Gasteiger partial charge in [-0.15, -0.1) is 0 Å². The second-order valence-corrected chi connectivity index (χ2v) is 8.07. The molecule has 0 amide bonds. The summed E-state index contributed by atoms with van der Waals surface area (Å²) in [4.78, 5) is 20.4. The van der Waals surface area contributed by atoms with E-state index in [1.165, 1.54) is 16.6 Å². The molecule has 1 saturated heterocycles. The zero-order valence-electron chi connectivity index (χ0n) is 14.0. The van der Waals surface area contributed by atoms with Gasteiger partial charge in [-0.05, 0) is 31.9 Å². The Hall–Kier alpha value is -2.32. The van der Waals surface area contributed by atoms with E-state index in [4.69, 9.17) is 0 Å². The number of hydrogen-bond acceptors (Lipinski definition) is 5. The standard InChI is InChI=1S/C17H19N3O4S/c1-11-10-14(12-6-3-4-7-13(12)17(21)22)19-16(18-11)15-8-5-9-20(15)25(2,23)24/h3-4,6-7,10,15H,5,8-9H2,1-2H3,(H,21,22). The predicted octanol–water partition coefficient (Wildman–Crippen LogP) is 2.25. The maximum absolute atomic E-state index is 12.0. The largest absolute Gasteiger partial charge is 0.478 e. The molecule has 1 aromatic carbocycles. The highest BCUT2D eigenvalue weighted by molar-refractivity contribution is 7.88. The van der Waals surface area contributed by atoms with Crippen LogP contribution in [0.3, 0.4) is 0 Å². The highest BCUT2D eigenvalue weighted by Gasteiger charge is 2.34. The SMILES string of the molecule is Cc1cc(-c2ccccc2C(=O)O)nc(C2CCCN2S(C)(=O)=O)n1. The fraction of sp³-hybridized carbons (Fsp3) is 0.353. The van der Waals surface area contributed by atoms with Gasteiger partial charge in [-0.2, -0.15) is 4.31 Å². The highest BCUT2D eigenvalue weighted by atomic mass is 32.2. The molecule has 1 atom stereocenters. The summed E-state index contributed by atoms with van der Waals surface area (Å²) in [5, 5.41) is 9.39. The molecule has 25 heavy (non-hydrogen) atoms. The van der Waals surface area contributed by atoms with Crippen LogP contribution in [0.25, 0.3) is 11.3 Å². The number of aromatic carboxylic acids is 1. The summed E-state index contributed by atoms with van der Waals surface area (Å²) in [6, 6.07) is 7.92. The van der Waals surface area contributed by atoms with E-state index in [0.29, 0.717) is 35.7 Å². The molecule has 1 unspecified atom stereocenters. The Morgan fingerprint density at radius 2 is 2.00 bits per heavy atom. The van der Waals surface area contributed by atoms with Gasteiger partial charge < -0.3 is 5.11 Å². The second-order valence-electron chi connectivity index (χ2n) is 6.14. The molecule has 1 aromatic heterocycles. The van der Waals surface area contributed by atoms with E-state index in [2.05, 4.69) is 9.97 Å². The Morgan fingerprint density at radius 3 is 2.68 bits per heavy atom. The van der Waals surface area contributed by atoms with E-state index in [-0.39, 0.29) is 5.56 Å². The van der Waals surface area contributed by atoms with Gasteiger partial charge in [0.2, 0.25) is 10.0 Å². The van der Waals surface area contributed by atoms with Crippen LogP contribution in [0.1, 0.15) is 40.8 Å². The Balaban J connectivity index is 2.10. The molecular weight excluding hydrogens is 342 g/mol. The van der Waals surface area contributed by atoms with Crippen LogP contribution in [0.2, 0.25) is 0 Å². The van der Waals surface area contributed by atoms with Crippen molar-refractivity contribution in [3.8, 4) is 11.3 Å². The molecule has 0 aliphatic carbocycles. The molecule has 1 aliphatic heterocycles. The monoisotopic (exact) mass is 361 g/mol. The van der Waals surface area contributed by atoms with Gasteiger partial charge in [-0.1, -0.05) is 18.2 Å². The van der Waals surface area contributed by atoms with E-state index in [9.17, 15) is 18.3 Å². The average molecular weight is 361 g/mol. The Morgan fingerprint density at radius 1 is 1.28 bits per heavy atom. The van der Waals surface area contributed by atoms with Gasteiger partial charge in [0.1, 0.15) is 5.82 Å². The molecule has 132 valence electrons. The Bertz CT molecular complexity index is 927. The van der Waals surface area contributed by atoms with Crippen LogP contribution in [0.4, 0.5) is 0 Å². The molecule has 1 fully saturated rings. The van der Waals surface area contributed by atoms with Crippen LogP contribution in [0.15, 0.2) is 30.3 Å². The fourth-order valence-corrected chi connectivity index (χ4v) is 4.29. The maximum atomic E-state index is 12.0. The lowest BCUT2D eigenvalue weighted by atomic mass is 10.0. The highest BCUT2D eigenvalue weighted by Crippen LogP contribution is 2.33.